The topological polar surface area (TPSA) is 29.5 Å². The van der Waals surface area contributed by atoms with Gasteiger partial charge in [0, 0.05) is 10.0 Å². The Hall–Kier alpha value is -0.910. The highest BCUT2D eigenvalue weighted by Gasteiger charge is 2.12. The van der Waals surface area contributed by atoms with Crippen LogP contribution in [-0.4, -0.2) is 5.11 Å². The van der Waals surface area contributed by atoms with Gasteiger partial charge in [0.25, 0.3) is 0 Å². The van der Waals surface area contributed by atoms with Crippen molar-refractivity contribution in [2.75, 3.05) is 0 Å². The van der Waals surface area contributed by atoms with E-state index in [1.54, 1.807) is 19.1 Å². The van der Waals surface area contributed by atoms with Crippen molar-refractivity contribution in [1.29, 1.82) is 0 Å². The monoisotopic (exact) mass is 388 g/mol. The molecule has 100 valence electrons. The maximum Gasteiger partial charge on any atom is 0.141 e. The molecule has 1 atom stereocenters. The zero-order chi connectivity index (χ0) is 14.0. The molecule has 2 aromatic rings. The number of aliphatic hydroxyl groups excluding tert-OH is 1. The van der Waals surface area contributed by atoms with Crippen molar-refractivity contribution in [2.24, 2.45) is 0 Å². The molecular weight excluding hydrogens is 379 g/mol. The van der Waals surface area contributed by atoms with Crippen LogP contribution < -0.4 is 4.74 Å². The van der Waals surface area contributed by atoms with Crippen molar-refractivity contribution in [2.45, 2.75) is 13.0 Å². The van der Waals surface area contributed by atoms with Crippen LogP contribution >= 0.6 is 31.9 Å². The number of ether oxygens (including phenoxy) is 1. The van der Waals surface area contributed by atoms with Gasteiger partial charge >= 0.3 is 0 Å². The standard InChI is InChI=1S/C14H11Br2FO2/c1-8(18)11-6-9(15)2-4-13(11)19-14-5-3-10(17)7-12(14)16/h2-8,18H,1H3. The highest BCUT2D eigenvalue weighted by molar-refractivity contribution is 9.10. The average molecular weight is 390 g/mol. The summed E-state index contributed by atoms with van der Waals surface area (Å²) in [5.74, 6) is 0.682. The fourth-order valence-electron chi connectivity index (χ4n) is 1.62. The molecule has 19 heavy (non-hydrogen) atoms. The third-order valence-corrected chi connectivity index (χ3v) is 3.65. The first-order chi connectivity index (χ1) is 8.97. The number of hydrogen-bond acceptors (Lipinski definition) is 2. The molecule has 0 aliphatic heterocycles. The molecule has 0 heterocycles. The maximum atomic E-state index is 13.0. The highest BCUT2D eigenvalue weighted by Crippen LogP contribution is 2.35. The molecular formula is C14H11Br2FO2. The number of benzene rings is 2. The Morgan fingerprint density at radius 3 is 2.42 bits per heavy atom. The van der Waals surface area contributed by atoms with Gasteiger partial charge in [0.05, 0.1) is 10.6 Å². The average Bonchev–Trinajstić information content (AvgIpc) is 2.34. The number of aliphatic hydroxyl groups is 1. The van der Waals surface area contributed by atoms with Gasteiger partial charge in [-0.1, -0.05) is 15.9 Å². The second-order valence-electron chi connectivity index (χ2n) is 4.03. The molecule has 0 radical (unpaired) electrons. The zero-order valence-electron chi connectivity index (χ0n) is 10.0. The minimum Gasteiger partial charge on any atom is -0.456 e. The van der Waals surface area contributed by atoms with Gasteiger partial charge in [-0.3, -0.25) is 0 Å². The van der Waals surface area contributed by atoms with Crippen molar-refractivity contribution in [3.05, 3.63) is 56.7 Å². The van der Waals surface area contributed by atoms with Crippen molar-refractivity contribution >= 4 is 31.9 Å². The van der Waals surface area contributed by atoms with Crippen LogP contribution in [-0.2, 0) is 0 Å². The molecule has 0 aliphatic rings. The molecule has 2 nitrogen and oxygen atoms in total. The maximum absolute atomic E-state index is 13.0. The third kappa shape index (κ3) is 3.55. The Morgan fingerprint density at radius 1 is 1.11 bits per heavy atom. The summed E-state index contributed by atoms with van der Waals surface area (Å²) in [6, 6.07) is 9.54. The molecule has 0 fully saturated rings. The molecule has 1 unspecified atom stereocenters. The van der Waals surface area contributed by atoms with Gasteiger partial charge in [-0.05, 0) is 59.3 Å². The molecule has 5 heteroatoms. The van der Waals surface area contributed by atoms with E-state index < -0.39 is 6.10 Å². The fraction of sp³-hybridized carbons (Fsp3) is 0.143. The minimum absolute atomic E-state index is 0.342. The van der Waals surface area contributed by atoms with Crippen LogP contribution in [0.5, 0.6) is 11.5 Å². The van der Waals surface area contributed by atoms with Crippen LogP contribution in [0.4, 0.5) is 4.39 Å². The predicted octanol–water partition coefficient (Wildman–Crippen LogP) is 5.20. The molecule has 0 amide bonds. The summed E-state index contributed by atoms with van der Waals surface area (Å²) in [5, 5.41) is 9.75. The summed E-state index contributed by atoms with van der Waals surface area (Å²) in [7, 11) is 0. The van der Waals surface area contributed by atoms with Gasteiger partial charge in [0.15, 0.2) is 0 Å². The Balaban J connectivity index is 2.38. The lowest BCUT2D eigenvalue weighted by Gasteiger charge is -2.14. The number of halogens is 3. The first-order valence-electron chi connectivity index (χ1n) is 5.58. The first kappa shape index (κ1) is 14.5. The molecule has 2 rings (SSSR count). The summed E-state index contributed by atoms with van der Waals surface area (Å²) >= 11 is 6.59. The molecule has 0 aliphatic carbocycles. The van der Waals surface area contributed by atoms with Crippen LogP contribution in [0, 0.1) is 5.82 Å². The predicted molar refractivity (Wildman–Crippen MR) is 78.9 cm³/mol. The van der Waals surface area contributed by atoms with Crippen molar-refractivity contribution < 1.29 is 14.2 Å². The van der Waals surface area contributed by atoms with E-state index >= 15 is 0 Å². The molecule has 1 N–H and O–H groups in total. The first-order valence-corrected chi connectivity index (χ1v) is 7.16. The normalized spacial score (nSPS) is 12.3. The fourth-order valence-corrected chi connectivity index (χ4v) is 2.43. The quantitative estimate of drug-likeness (QED) is 0.781. The van der Waals surface area contributed by atoms with E-state index in [1.807, 2.05) is 6.07 Å². The van der Waals surface area contributed by atoms with Gasteiger partial charge in [-0.2, -0.15) is 0 Å². The zero-order valence-corrected chi connectivity index (χ0v) is 13.2. The van der Waals surface area contributed by atoms with Gasteiger partial charge in [0.2, 0.25) is 0 Å². The number of hydrogen-bond donors (Lipinski definition) is 1. The Bertz CT molecular complexity index is 600. The van der Waals surface area contributed by atoms with E-state index in [1.165, 1.54) is 18.2 Å². The second kappa shape index (κ2) is 6.03. The largest absolute Gasteiger partial charge is 0.456 e. The lowest BCUT2D eigenvalue weighted by atomic mass is 10.1. The highest BCUT2D eigenvalue weighted by atomic mass is 79.9. The lowest BCUT2D eigenvalue weighted by Crippen LogP contribution is -1.96. The van der Waals surface area contributed by atoms with Crippen molar-refractivity contribution in [3.8, 4) is 11.5 Å². The Morgan fingerprint density at radius 2 is 1.79 bits per heavy atom. The van der Waals surface area contributed by atoms with E-state index in [0.717, 1.165) is 4.47 Å². The summed E-state index contributed by atoms with van der Waals surface area (Å²) in [5.41, 5.74) is 0.658. The molecule has 0 aromatic heterocycles. The second-order valence-corrected chi connectivity index (χ2v) is 5.80. The van der Waals surface area contributed by atoms with Gasteiger partial charge < -0.3 is 9.84 Å². The molecule has 2 aromatic carbocycles. The van der Waals surface area contributed by atoms with Gasteiger partial charge in [-0.25, -0.2) is 4.39 Å². The van der Waals surface area contributed by atoms with E-state index in [2.05, 4.69) is 31.9 Å². The third-order valence-electron chi connectivity index (χ3n) is 2.54. The van der Waals surface area contributed by atoms with Crippen LogP contribution in [0.2, 0.25) is 0 Å². The molecule has 0 saturated heterocycles. The Labute approximate surface area is 127 Å². The lowest BCUT2D eigenvalue weighted by molar-refractivity contribution is 0.195. The van der Waals surface area contributed by atoms with Crippen LogP contribution in [0.25, 0.3) is 0 Å². The molecule has 0 saturated carbocycles. The molecule has 0 bridgehead atoms. The van der Waals surface area contributed by atoms with E-state index in [-0.39, 0.29) is 5.82 Å². The van der Waals surface area contributed by atoms with Gasteiger partial charge in [0.1, 0.15) is 17.3 Å². The minimum atomic E-state index is -0.660. The van der Waals surface area contributed by atoms with E-state index in [9.17, 15) is 9.50 Å². The van der Waals surface area contributed by atoms with Gasteiger partial charge in [-0.15, -0.1) is 0 Å². The van der Waals surface area contributed by atoms with Crippen molar-refractivity contribution in [3.63, 3.8) is 0 Å². The van der Waals surface area contributed by atoms with Crippen LogP contribution in [0.1, 0.15) is 18.6 Å². The SMILES string of the molecule is CC(O)c1cc(Br)ccc1Oc1ccc(F)cc1Br. The summed E-state index contributed by atoms with van der Waals surface area (Å²) in [6.07, 6.45) is -0.660. The smallest absolute Gasteiger partial charge is 0.141 e. The summed E-state index contributed by atoms with van der Waals surface area (Å²) in [6.45, 7) is 1.66. The number of rotatable bonds is 3. The summed E-state index contributed by atoms with van der Waals surface area (Å²) in [4.78, 5) is 0. The van der Waals surface area contributed by atoms with Crippen molar-refractivity contribution in [1.82, 2.24) is 0 Å². The summed E-state index contributed by atoms with van der Waals surface area (Å²) < 4.78 is 20.1. The Kier molecular flexibility index (Phi) is 4.60. The van der Waals surface area contributed by atoms with Crippen LogP contribution in [0.3, 0.4) is 0 Å². The van der Waals surface area contributed by atoms with Crippen LogP contribution in [0.15, 0.2) is 45.3 Å². The van der Waals surface area contributed by atoms with E-state index in [0.29, 0.717) is 21.5 Å². The van der Waals surface area contributed by atoms with E-state index in [4.69, 9.17) is 4.74 Å². The molecule has 0 spiro atoms.